The van der Waals surface area contributed by atoms with Gasteiger partial charge in [0, 0.05) is 18.3 Å². The predicted octanol–water partition coefficient (Wildman–Crippen LogP) is 3.71. The summed E-state index contributed by atoms with van der Waals surface area (Å²) in [5.74, 6) is -0.720. The van der Waals surface area contributed by atoms with Gasteiger partial charge in [0.1, 0.15) is 11.6 Å². The molecule has 2 bridgehead atoms. The number of ether oxygens (including phenoxy) is 3. The van der Waals surface area contributed by atoms with E-state index in [1.165, 1.54) is 0 Å². The van der Waals surface area contributed by atoms with Crippen molar-refractivity contribution in [2.24, 2.45) is 17.8 Å². The van der Waals surface area contributed by atoms with E-state index in [0.29, 0.717) is 23.1 Å². The number of likely N-dealkylation sites (tertiary alicyclic amines) is 1. The second kappa shape index (κ2) is 9.91. The summed E-state index contributed by atoms with van der Waals surface area (Å²) in [5, 5.41) is 6.27. The number of benzene rings is 2. The highest BCUT2D eigenvalue weighted by Gasteiger charge is 2.72. The fourth-order valence-corrected chi connectivity index (χ4v) is 7.41. The van der Waals surface area contributed by atoms with Crippen LogP contribution >= 0.6 is 0 Å². The van der Waals surface area contributed by atoms with Crippen molar-refractivity contribution in [3.63, 3.8) is 0 Å². The van der Waals surface area contributed by atoms with Crippen LogP contribution < -0.4 is 20.1 Å². The first-order valence-corrected chi connectivity index (χ1v) is 14.6. The lowest BCUT2D eigenvalue weighted by Crippen LogP contribution is -2.57. The third-order valence-corrected chi connectivity index (χ3v) is 9.44. The number of fused-ring (bicyclic) bond motifs is 2. The summed E-state index contributed by atoms with van der Waals surface area (Å²) in [7, 11) is 0. The maximum Gasteiger partial charge on any atom is 0.246 e. The van der Waals surface area contributed by atoms with Gasteiger partial charge >= 0.3 is 0 Å². The van der Waals surface area contributed by atoms with Gasteiger partial charge in [0.15, 0.2) is 11.5 Å². The molecule has 2 aromatic carbocycles. The Morgan fingerprint density at radius 3 is 2.71 bits per heavy atom. The minimum absolute atomic E-state index is 0.0391. The van der Waals surface area contributed by atoms with Crippen LogP contribution in [0.2, 0.25) is 0 Å². The minimum Gasteiger partial charge on any atom is -0.454 e. The summed E-state index contributed by atoms with van der Waals surface area (Å²) < 4.78 is 17.5. The van der Waals surface area contributed by atoms with Gasteiger partial charge in [0.2, 0.25) is 24.5 Å². The van der Waals surface area contributed by atoms with Gasteiger partial charge in [0.05, 0.1) is 17.9 Å². The van der Waals surface area contributed by atoms with Gasteiger partial charge in [-0.15, -0.1) is 0 Å². The summed E-state index contributed by atoms with van der Waals surface area (Å²) in [5.41, 5.74) is 1.28. The average molecular weight is 558 g/mol. The molecule has 9 heteroatoms. The van der Waals surface area contributed by atoms with Gasteiger partial charge in [-0.1, -0.05) is 50.1 Å². The molecule has 214 valence electrons. The predicted molar refractivity (Wildman–Crippen MR) is 150 cm³/mol. The molecule has 0 unspecified atom stereocenters. The van der Waals surface area contributed by atoms with Crippen molar-refractivity contribution in [3.8, 4) is 11.5 Å². The van der Waals surface area contributed by atoms with E-state index in [4.69, 9.17) is 14.2 Å². The second-order valence-corrected chi connectivity index (χ2v) is 12.1. The van der Waals surface area contributed by atoms with Crippen LogP contribution in [0.1, 0.15) is 43.7 Å². The summed E-state index contributed by atoms with van der Waals surface area (Å²) in [6.45, 7) is 4.45. The number of carbonyl (C=O) groups excluding carboxylic acids is 3. The summed E-state index contributed by atoms with van der Waals surface area (Å²) >= 11 is 0. The maximum absolute atomic E-state index is 14.3. The van der Waals surface area contributed by atoms with Crippen molar-refractivity contribution in [1.29, 1.82) is 0 Å². The normalized spacial score (nSPS) is 32.7. The van der Waals surface area contributed by atoms with Gasteiger partial charge in [-0.25, -0.2) is 0 Å². The molecular formula is C32H35N3O6. The Morgan fingerprint density at radius 1 is 1.05 bits per heavy atom. The molecule has 1 spiro atoms. The molecule has 5 aliphatic rings. The average Bonchev–Trinajstić information content (AvgIpc) is 3.71. The number of hydrogen-bond donors (Lipinski definition) is 2. The third kappa shape index (κ3) is 4.29. The number of nitrogens with one attached hydrogen (secondary N) is 2. The zero-order valence-electron chi connectivity index (χ0n) is 23.3. The lowest BCUT2D eigenvalue weighted by Gasteiger charge is -2.36. The Bertz CT molecular complexity index is 1440. The molecule has 1 saturated carbocycles. The number of amides is 3. The largest absolute Gasteiger partial charge is 0.454 e. The molecule has 9 nitrogen and oxygen atoms in total. The summed E-state index contributed by atoms with van der Waals surface area (Å²) in [4.78, 5) is 43.8. The Kier molecular flexibility index (Phi) is 6.30. The Morgan fingerprint density at radius 2 is 1.88 bits per heavy atom. The van der Waals surface area contributed by atoms with E-state index < -0.39 is 29.6 Å². The molecule has 2 N–H and O–H groups in total. The monoisotopic (exact) mass is 557 g/mol. The summed E-state index contributed by atoms with van der Waals surface area (Å²) in [6.07, 6.45) is 7.31. The molecule has 7 atom stereocenters. The standard InChI is InChI=1S/C32H35N3O6/c1-18-6-5-8-21(14-18)33-29(36)26-24-12-13-32(41-24)27(26)31(38)35(16-20-10-11-23-25(15-20)40-17-39-23)28(32)30(37)34-22-9-4-3-7-19(22)2/h5-6,8,10-15,19,22,24,26-28H,3-4,7,9,16-17H2,1-2H3,(H,33,36)(H,34,37)/t19-,22+,24+,26-,27+,28+,32+/m1/s1. The molecule has 7 rings (SSSR count). The smallest absolute Gasteiger partial charge is 0.246 e. The van der Waals surface area contributed by atoms with E-state index in [-0.39, 0.29) is 37.1 Å². The van der Waals surface area contributed by atoms with Crippen LogP contribution in [0.5, 0.6) is 11.5 Å². The maximum atomic E-state index is 14.3. The molecule has 0 aromatic heterocycles. The molecule has 1 aliphatic carbocycles. The van der Waals surface area contributed by atoms with Crippen LogP contribution in [0, 0.1) is 24.7 Å². The first kappa shape index (κ1) is 26.1. The highest BCUT2D eigenvalue weighted by atomic mass is 16.7. The SMILES string of the molecule is Cc1cccc(NC(=O)[C@@H]2[C@@H]3C=C[C@]4(O3)[C@@H]2C(=O)N(Cc2ccc3c(c2)OCO3)[C@H]4C(=O)N[C@H]2CCCC[C@H]2C)c1. The Hall–Kier alpha value is -3.85. The summed E-state index contributed by atoms with van der Waals surface area (Å²) in [6, 6.07) is 12.2. The highest BCUT2D eigenvalue weighted by molar-refractivity contribution is 6.02. The number of nitrogens with zero attached hydrogens (tertiary/aromatic N) is 1. The van der Waals surface area contributed by atoms with Crippen LogP contribution in [0.3, 0.4) is 0 Å². The van der Waals surface area contributed by atoms with Crippen LogP contribution in [-0.2, 0) is 25.7 Å². The van der Waals surface area contributed by atoms with Crippen molar-refractivity contribution in [3.05, 3.63) is 65.7 Å². The first-order valence-electron chi connectivity index (χ1n) is 14.6. The number of carbonyl (C=O) groups is 3. The number of rotatable bonds is 6. The van der Waals surface area contributed by atoms with E-state index in [0.717, 1.165) is 36.8 Å². The van der Waals surface area contributed by atoms with Gasteiger partial charge in [-0.3, -0.25) is 14.4 Å². The zero-order valence-corrected chi connectivity index (χ0v) is 23.3. The first-order chi connectivity index (χ1) is 19.8. The molecule has 0 radical (unpaired) electrons. The van der Waals surface area contributed by atoms with Crippen molar-refractivity contribution in [1.82, 2.24) is 10.2 Å². The van der Waals surface area contributed by atoms with Gasteiger partial charge in [0.25, 0.3) is 0 Å². The quantitative estimate of drug-likeness (QED) is 0.525. The Labute approximate surface area is 239 Å². The number of aryl methyl sites for hydroxylation is 1. The molecule has 4 heterocycles. The molecule has 4 aliphatic heterocycles. The Balaban J connectivity index is 1.22. The fraction of sp³-hybridized carbons (Fsp3) is 0.469. The minimum atomic E-state index is -1.21. The van der Waals surface area contributed by atoms with Crippen molar-refractivity contribution in [2.45, 2.75) is 69.9 Å². The van der Waals surface area contributed by atoms with E-state index >= 15 is 0 Å². The van der Waals surface area contributed by atoms with Crippen LogP contribution in [0.25, 0.3) is 0 Å². The van der Waals surface area contributed by atoms with Crippen molar-refractivity contribution < 1.29 is 28.6 Å². The van der Waals surface area contributed by atoms with Crippen LogP contribution in [-0.4, -0.2) is 53.2 Å². The van der Waals surface area contributed by atoms with E-state index in [2.05, 4.69) is 17.6 Å². The topological polar surface area (TPSA) is 106 Å². The molecular weight excluding hydrogens is 522 g/mol. The van der Waals surface area contributed by atoms with Crippen LogP contribution in [0.4, 0.5) is 5.69 Å². The molecule has 3 amide bonds. The van der Waals surface area contributed by atoms with E-state index in [9.17, 15) is 14.4 Å². The van der Waals surface area contributed by atoms with E-state index in [1.54, 1.807) is 4.90 Å². The van der Waals surface area contributed by atoms with Crippen molar-refractivity contribution in [2.75, 3.05) is 12.1 Å². The lowest BCUT2D eigenvalue weighted by atomic mass is 9.74. The molecule has 2 aromatic rings. The molecule has 41 heavy (non-hydrogen) atoms. The highest BCUT2D eigenvalue weighted by Crippen LogP contribution is 2.55. The lowest BCUT2D eigenvalue weighted by molar-refractivity contribution is -0.142. The molecule has 2 saturated heterocycles. The number of anilines is 1. The van der Waals surface area contributed by atoms with Gasteiger partial charge in [-0.05, 0) is 61.1 Å². The van der Waals surface area contributed by atoms with E-state index in [1.807, 2.05) is 61.5 Å². The fourth-order valence-electron chi connectivity index (χ4n) is 7.41. The zero-order chi connectivity index (χ0) is 28.3. The second-order valence-electron chi connectivity index (χ2n) is 12.1. The number of hydrogen-bond acceptors (Lipinski definition) is 6. The molecule has 3 fully saturated rings. The third-order valence-electron chi connectivity index (χ3n) is 9.44. The van der Waals surface area contributed by atoms with Gasteiger partial charge < -0.3 is 29.7 Å². The van der Waals surface area contributed by atoms with Gasteiger partial charge in [-0.2, -0.15) is 0 Å². The van der Waals surface area contributed by atoms with Crippen molar-refractivity contribution >= 4 is 23.4 Å². The van der Waals surface area contributed by atoms with Crippen LogP contribution in [0.15, 0.2) is 54.6 Å².